The van der Waals surface area contributed by atoms with Crippen LogP contribution in [0.2, 0.25) is 0 Å². The van der Waals surface area contributed by atoms with E-state index in [4.69, 9.17) is 4.74 Å². The zero-order valence-electron chi connectivity index (χ0n) is 12.9. The summed E-state index contributed by atoms with van der Waals surface area (Å²) in [5, 5.41) is -0.0109. The average molecular weight is 331 g/mol. The summed E-state index contributed by atoms with van der Waals surface area (Å²) in [6, 6.07) is 14.2. The van der Waals surface area contributed by atoms with Crippen molar-refractivity contribution in [3.8, 4) is 5.75 Å². The lowest BCUT2D eigenvalue weighted by Crippen LogP contribution is -2.27. The Balaban J connectivity index is 1.77. The number of hydrogen-bond acceptors (Lipinski definition) is 3. The van der Waals surface area contributed by atoms with Crippen LogP contribution >= 0.6 is 11.8 Å². The first-order chi connectivity index (χ1) is 11.2. The van der Waals surface area contributed by atoms with E-state index in [1.807, 2.05) is 36.1 Å². The predicted octanol–water partition coefficient (Wildman–Crippen LogP) is 4.00. The number of benzene rings is 2. The van der Waals surface area contributed by atoms with E-state index in [1.54, 1.807) is 23.9 Å². The van der Waals surface area contributed by atoms with Crippen LogP contribution in [0.25, 0.3) is 0 Å². The highest BCUT2D eigenvalue weighted by Gasteiger charge is 2.32. The molecule has 120 valence electrons. The summed E-state index contributed by atoms with van der Waals surface area (Å²) in [7, 11) is 0. The minimum absolute atomic E-state index is 0.0109. The third-order valence-electron chi connectivity index (χ3n) is 3.71. The number of amides is 1. The summed E-state index contributed by atoms with van der Waals surface area (Å²) < 4.78 is 18.5. The Hall–Kier alpha value is -2.01. The van der Waals surface area contributed by atoms with Crippen molar-refractivity contribution >= 4 is 17.7 Å². The van der Waals surface area contributed by atoms with E-state index in [-0.39, 0.29) is 17.1 Å². The highest BCUT2D eigenvalue weighted by Crippen LogP contribution is 2.39. The molecule has 1 fully saturated rings. The summed E-state index contributed by atoms with van der Waals surface area (Å²) in [6.45, 7) is 3.07. The molecule has 5 heteroatoms. The second-order valence-corrected chi connectivity index (χ2v) is 6.38. The third-order valence-corrected chi connectivity index (χ3v) is 4.97. The molecule has 2 aromatic rings. The quantitative estimate of drug-likeness (QED) is 0.829. The Bertz CT molecular complexity index is 672. The van der Waals surface area contributed by atoms with Crippen LogP contribution in [0.4, 0.5) is 4.39 Å². The van der Waals surface area contributed by atoms with Crippen LogP contribution in [0.1, 0.15) is 23.4 Å². The lowest BCUT2D eigenvalue weighted by atomic mass is 10.1. The normalized spacial score (nSPS) is 17.6. The number of nitrogens with zero attached hydrogens (tertiary/aromatic N) is 1. The van der Waals surface area contributed by atoms with Gasteiger partial charge in [0, 0.05) is 6.54 Å². The highest BCUT2D eigenvalue weighted by molar-refractivity contribution is 8.00. The van der Waals surface area contributed by atoms with Gasteiger partial charge in [-0.1, -0.05) is 24.3 Å². The number of thioether (sulfide) groups is 1. The number of halogens is 1. The van der Waals surface area contributed by atoms with Gasteiger partial charge in [-0.15, -0.1) is 11.8 Å². The minimum atomic E-state index is -0.265. The van der Waals surface area contributed by atoms with Crippen LogP contribution in [-0.4, -0.2) is 23.2 Å². The van der Waals surface area contributed by atoms with Crippen LogP contribution in [-0.2, 0) is 11.3 Å². The Kier molecular flexibility index (Phi) is 4.86. The van der Waals surface area contributed by atoms with E-state index >= 15 is 0 Å². The molecule has 1 aliphatic rings. The van der Waals surface area contributed by atoms with Crippen molar-refractivity contribution in [3.05, 3.63) is 65.5 Å². The Morgan fingerprint density at radius 1 is 1.17 bits per heavy atom. The lowest BCUT2D eigenvalue weighted by Gasteiger charge is -2.24. The van der Waals surface area contributed by atoms with E-state index < -0.39 is 0 Å². The molecule has 0 radical (unpaired) electrons. The zero-order chi connectivity index (χ0) is 16.2. The van der Waals surface area contributed by atoms with Gasteiger partial charge in [-0.25, -0.2) is 4.39 Å². The number of carbonyl (C=O) groups excluding carboxylic acids is 1. The lowest BCUT2D eigenvalue weighted by molar-refractivity contribution is -0.128. The summed E-state index contributed by atoms with van der Waals surface area (Å²) in [5.74, 6) is 1.15. The van der Waals surface area contributed by atoms with Crippen molar-refractivity contribution in [3.63, 3.8) is 0 Å². The van der Waals surface area contributed by atoms with Crippen LogP contribution in [0.3, 0.4) is 0 Å². The van der Waals surface area contributed by atoms with Gasteiger partial charge in [0.05, 0.1) is 12.4 Å². The molecule has 1 heterocycles. The second-order valence-electron chi connectivity index (χ2n) is 5.31. The Morgan fingerprint density at radius 3 is 2.52 bits per heavy atom. The van der Waals surface area contributed by atoms with Gasteiger partial charge in [0.1, 0.15) is 16.9 Å². The fourth-order valence-electron chi connectivity index (χ4n) is 2.58. The summed E-state index contributed by atoms with van der Waals surface area (Å²) in [6.07, 6.45) is 0. The fraction of sp³-hybridized carbons (Fsp3) is 0.278. The summed E-state index contributed by atoms with van der Waals surface area (Å²) in [4.78, 5) is 14.0. The van der Waals surface area contributed by atoms with Crippen LogP contribution in [0.5, 0.6) is 5.75 Å². The van der Waals surface area contributed by atoms with Crippen molar-refractivity contribution < 1.29 is 13.9 Å². The monoisotopic (exact) mass is 331 g/mol. The molecule has 3 nitrogen and oxygen atoms in total. The molecule has 1 aliphatic heterocycles. The predicted molar refractivity (Wildman–Crippen MR) is 89.8 cm³/mol. The number of ether oxygens (including phenoxy) is 1. The average Bonchev–Trinajstić information content (AvgIpc) is 2.92. The molecule has 0 aromatic heterocycles. The molecule has 3 rings (SSSR count). The SMILES string of the molecule is CCOc1ccc(C2SCC(=O)N2Cc2ccc(F)cc2)cc1. The van der Waals surface area contributed by atoms with Gasteiger partial charge in [-0.3, -0.25) is 4.79 Å². The minimum Gasteiger partial charge on any atom is -0.494 e. The van der Waals surface area contributed by atoms with Crippen molar-refractivity contribution in [2.45, 2.75) is 18.8 Å². The molecular formula is C18H18FNO2S. The smallest absolute Gasteiger partial charge is 0.234 e. The number of carbonyl (C=O) groups is 1. The number of hydrogen-bond donors (Lipinski definition) is 0. The van der Waals surface area contributed by atoms with Gasteiger partial charge >= 0.3 is 0 Å². The molecule has 0 N–H and O–H groups in total. The summed E-state index contributed by atoms with van der Waals surface area (Å²) in [5.41, 5.74) is 2.00. The van der Waals surface area contributed by atoms with E-state index in [2.05, 4.69) is 0 Å². The molecule has 0 aliphatic carbocycles. The van der Waals surface area contributed by atoms with E-state index in [0.717, 1.165) is 16.9 Å². The van der Waals surface area contributed by atoms with Crippen LogP contribution < -0.4 is 4.74 Å². The van der Waals surface area contributed by atoms with Crippen molar-refractivity contribution in [1.29, 1.82) is 0 Å². The van der Waals surface area contributed by atoms with E-state index in [1.165, 1.54) is 12.1 Å². The number of rotatable bonds is 5. The van der Waals surface area contributed by atoms with Crippen molar-refractivity contribution in [2.75, 3.05) is 12.4 Å². The standard InChI is InChI=1S/C18H18FNO2S/c1-2-22-16-9-5-14(6-10-16)18-20(17(21)12-23-18)11-13-3-7-15(19)8-4-13/h3-10,18H,2,11-12H2,1H3. The molecule has 0 saturated carbocycles. The van der Waals surface area contributed by atoms with Gasteiger partial charge < -0.3 is 9.64 Å². The molecule has 23 heavy (non-hydrogen) atoms. The zero-order valence-corrected chi connectivity index (χ0v) is 13.7. The van der Waals surface area contributed by atoms with Gasteiger partial charge in [-0.2, -0.15) is 0 Å². The van der Waals surface area contributed by atoms with Gasteiger partial charge in [0.25, 0.3) is 0 Å². The first kappa shape index (κ1) is 15.9. The second kappa shape index (κ2) is 7.04. The van der Waals surface area contributed by atoms with Gasteiger partial charge in [0.15, 0.2) is 0 Å². The largest absolute Gasteiger partial charge is 0.494 e. The van der Waals surface area contributed by atoms with E-state index in [0.29, 0.717) is 18.9 Å². The summed E-state index contributed by atoms with van der Waals surface area (Å²) >= 11 is 1.61. The Labute approximate surface area is 139 Å². The van der Waals surface area contributed by atoms with Gasteiger partial charge in [-0.05, 0) is 42.3 Å². The first-order valence-corrected chi connectivity index (χ1v) is 8.60. The van der Waals surface area contributed by atoms with E-state index in [9.17, 15) is 9.18 Å². The maximum Gasteiger partial charge on any atom is 0.234 e. The van der Waals surface area contributed by atoms with Crippen LogP contribution in [0.15, 0.2) is 48.5 Å². The third kappa shape index (κ3) is 3.67. The van der Waals surface area contributed by atoms with Gasteiger partial charge in [0.2, 0.25) is 5.91 Å². The maximum atomic E-state index is 13.0. The van der Waals surface area contributed by atoms with Crippen molar-refractivity contribution in [1.82, 2.24) is 4.90 Å². The highest BCUT2D eigenvalue weighted by atomic mass is 32.2. The molecule has 1 unspecified atom stereocenters. The Morgan fingerprint density at radius 2 is 1.87 bits per heavy atom. The molecule has 1 saturated heterocycles. The molecule has 0 bridgehead atoms. The fourth-order valence-corrected chi connectivity index (χ4v) is 3.77. The molecule has 1 amide bonds. The first-order valence-electron chi connectivity index (χ1n) is 7.55. The maximum absolute atomic E-state index is 13.0. The molecular weight excluding hydrogens is 313 g/mol. The molecule has 1 atom stereocenters. The molecule has 0 spiro atoms. The van der Waals surface area contributed by atoms with Crippen molar-refractivity contribution in [2.24, 2.45) is 0 Å². The topological polar surface area (TPSA) is 29.5 Å². The van der Waals surface area contributed by atoms with Crippen LogP contribution in [0, 0.1) is 5.82 Å². The molecule has 2 aromatic carbocycles.